The van der Waals surface area contributed by atoms with Gasteiger partial charge >= 0.3 is 0 Å². The number of carbonyl (C=O) groups is 1. The predicted molar refractivity (Wildman–Crippen MR) is 62.6 cm³/mol. The van der Waals surface area contributed by atoms with Gasteiger partial charge in [0.1, 0.15) is 0 Å². The fraction of sp³-hybridized carbons (Fsp3) is 0.385. The largest absolute Gasteiger partial charge is 0.349 e. The van der Waals surface area contributed by atoms with E-state index in [2.05, 4.69) is 11.4 Å². The zero-order valence-corrected chi connectivity index (χ0v) is 9.66. The lowest BCUT2D eigenvalue weighted by molar-refractivity contribution is -0.119. The molecule has 1 saturated heterocycles. The van der Waals surface area contributed by atoms with Crippen LogP contribution in [0.5, 0.6) is 0 Å². The van der Waals surface area contributed by atoms with E-state index in [9.17, 15) is 4.79 Å². The second-order valence-corrected chi connectivity index (χ2v) is 3.39. The lowest BCUT2D eigenvalue weighted by Crippen LogP contribution is -2.18. The molecule has 1 fully saturated rings. The minimum absolute atomic E-state index is 0.111. The van der Waals surface area contributed by atoms with E-state index in [1.54, 1.807) is 12.1 Å². The Morgan fingerprint density at radius 3 is 2.38 bits per heavy atom. The van der Waals surface area contributed by atoms with E-state index in [-0.39, 0.29) is 11.9 Å². The van der Waals surface area contributed by atoms with Crippen LogP contribution in [0.25, 0.3) is 0 Å². The number of hydrogen-bond donors (Lipinski definition) is 1. The lowest BCUT2D eigenvalue weighted by Gasteiger charge is -2.09. The van der Waals surface area contributed by atoms with Gasteiger partial charge in [-0.25, -0.2) is 0 Å². The van der Waals surface area contributed by atoms with Gasteiger partial charge in [0.2, 0.25) is 5.91 Å². The molecule has 1 unspecified atom stereocenters. The minimum Gasteiger partial charge on any atom is -0.349 e. The summed E-state index contributed by atoms with van der Waals surface area (Å²) in [5.74, 6) is 0.111. The van der Waals surface area contributed by atoms with Gasteiger partial charge in [-0.3, -0.25) is 4.79 Å². The van der Waals surface area contributed by atoms with Gasteiger partial charge in [-0.05, 0) is 24.1 Å². The maximum Gasteiger partial charge on any atom is 0.220 e. The van der Waals surface area contributed by atoms with Crippen LogP contribution >= 0.6 is 0 Å². The predicted octanol–water partition coefficient (Wildman–Crippen LogP) is 2.54. The van der Waals surface area contributed by atoms with E-state index in [4.69, 9.17) is 5.26 Å². The molecule has 1 heterocycles. The number of carbonyl (C=O) groups excluding carboxylic acids is 1. The van der Waals surface area contributed by atoms with Crippen molar-refractivity contribution in [3.8, 4) is 6.07 Å². The summed E-state index contributed by atoms with van der Waals surface area (Å²) in [6.45, 7) is 4.00. The maximum absolute atomic E-state index is 11.0. The first-order chi connectivity index (χ1) is 7.79. The highest BCUT2D eigenvalue weighted by atomic mass is 16.1. The molecule has 16 heavy (non-hydrogen) atoms. The SMILES string of the molecule is CC.N#Cc1ccc(C2CCC(=O)N2)cc1. The third-order valence-electron chi connectivity index (χ3n) is 2.44. The summed E-state index contributed by atoms with van der Waals surface area (Å²) >= 11 is 0. The molecule has 1 aromatic rings. The number of nitrogens with zero attached hydrogens (tertiary/aromatic N) is 1. The standard InChI is InChI=1S/C11H10N2O.C2H6/c12-7-8-1-3-9(4-2-8)10-5-6-11(14)13-10;1-2/h1-4,10H,5-6H2,(H,13,14);1-2H3. The summed E-state index contributed by atoms with van der Waals surface area (Å²) in [4.78, 5) is 11.0. The Labute approximate surface area is 96.1 Å². The Hall–Kier alpha value is -1.82. The summed E-state index contributed by atoms with van der Waals surface area (Å²) in [7, 11) is 0. The Kier molecular flexibility index (Phi) is 4.53. The van der Waals surface area contributed by atoms with Crippen LogP contribution < -0.4 is 5.32 Å². The van der Waals surface area contributed by atoms with E-state index in [0.29, 0.717) is 12.0 Å². The van der Waals surface area contributed by atoms with E-state index in [1.165, 1.54) is 0 Å². The summed E-state index contributed by atoms with van der Waals surface area (Å²) < 4.78 is 0. The van der Waals surface area contributed by atoms with Crippen LogP contribution in [-0.2, 0) is 4.79 Å². The summed E-state index contributed by atoms with van der Waals surface area (Å²) in [6, 6.07) is 9.55. The molecular formula is C13H16N2O. The van der Waals surface area contributed by atoms with Crippen LogP contribution in [-0.4, -0.2) is 5.91 Å². The van der Waals surface area contributed by atoms with Crippen molar-refractivity contribution >= 4 is 5.91 Å². The molecule has 0 bridgehead atoms. The molecule has 1 aliphatic heterocycles. The van der Waals surface area contributed by atoms with Crippen molar-refractivity contribution in [1.29, 1.82) is 5.26 Å². The lowest BCUT2D eigenvalue weighted by atomic mass is 10.0. The highest BCUT2D eigenvalue weighted by molar-refractivity contribution is 5.78. The number of nitriles is 1. The van der Waals surface area contributed by atoms with Gasteiger partial charge < -0.3 is 5.32 Å². The number of rotatable bonds is 1. The average molecular weight is 216 g/mol. The molecule has 0 saturated carbocycles. The zero-order chi connectivity index (χ0) is 12.0. The molecule has 1 atom stereocenters. The van der Waals surface area contributed by atoms with Crippen LogP contribution in [0.1, 0.15) is 43.9 Å². The van der Waals surface area contributed by atoms with Gasteiger partial charge in [0.05, 0.1) is 17.7 Å². The molecule has 1 aliphatic rings. The number of hydrogen-bond acceptors (Lipinski definition) is 2. The van der Waals surface area contributed by atoms with Crippen molar-refractivity contribution in [2.24, 2.45) is 0 Å². The molecule has 0 aliphatic carbocycles. The normalized spacial score (nSPS) is 18.1. The van der Waals surface area contributed by atoms with E-state index in [0.717, 1.165) is 12.0 Å². The zero-order valence-electron chi connectivity index (χ0n) is 9.66. The first-order valence-electron chi connectivity index (χ1n) is 5.59. The van der Waals surface area contributed by atoms with Gasteiger partial charge in [0.15, 0.2) is 0 Å². The Morgan fingerprint density at radius 1 is 1.31 bits per heavy atom. The molecule has 0 spiro atoms. The summed E-state index contributed by atoms with van der Waals surface area (Å²) in [5.41, 5.74) is 1.73. The van der Waals surface area contributed by atoms with Crippen LogP contribution in [0, 0.1) is 11.3 Å². The smallest absolute Gasteiger partial charge is 0.220 e. The van der Waals surface area contributed by atoms with Gasteiger partial charge in [-0.1, -0.05) is 26.0 Å². The second-order valence-electron chi connectivity index (χ2n) is 3.39. The highest BCUT2D eigenvalue weighted by Gasteiger charge is 2.21. The van der Waals surface area contributed by atoms with Crippen molar-refractivity contribution in [3.63, 3.8) is 0 Å². The van der Waals surface area contributed by atoms with E-state index >= 15 is 0 Å². The molecule has 0 aromatic heterocycles. The van der Waals surface area contributed by atoms with E-state index < -0.39 is 0 Å². The molecule has 3 heteroatoms. The third kappa shape index (κ3) is 2.83. The summed E-state index contributed by atoms with van der Waals surface area (Å²) in [5, 5.41) is 11.5. The quantitative estimate of drug-likeness (QED) is 0.784. The highest BCUT2D eigenvalue weighted by Crippen LogP contribution is 2.23. The third-order valence-corrected chi connectivity index (χ3v) is 2.44. The van der Waals surface area contributed by atoms with Crippen molar-refractivity contribution < 1.29 is 4.79 Å². The second kappa shape index (κ2) is 5.92. The fourth-order valence-corrected chi connectivity index (χ4v) is 1.65. The Balaban J connectivity index is 0.000000606. The Morgan fingerprint density at radius 2 is 1.94 bits per heavy atom. The van der Waals surface area contributed by atoms with Crippen LogP contribution in [0.15, 0.2) is 24.3 Å². The molecule has 2 rings (SSSR count). The molecular weight excluding hydrogens is 200 g/mol. The van der Waals surface area contributed by atoms with E-state index in [1.807, 2.05) is 26.0 Å². The van der Waals surface area contributed by atoms with Crippen molar-refractivity contribution in [1.82, 2.24) is 5.32 Å². The monoisotopic (exact) mass is 216 g/mol. The van der Waals surface area contributed by atoms with Crippen LogP contribution in [0.2, 0.25) is 0 Å². The molecule has 1 N–H and O–H groups in total. The van der Waals surface area contributed by atoms with Crippen molar-refractivity contribution in [2.45, 2.75) is 32.7 Å². The fourth-order valence-electron chi connectivity index (χ4n) is 1.65. The summed E-state index contributed by atoms with van der Waals surface area (Å²) in [6.07, 6.45) is 1.45. The van der Waals surface area contributed by atoms with Gasteiger partial charge in [-0.15, -0.1) is 0 Å². The molecule has 3 nitrogen and oxygen atoms in total. The van der Waals surface area contributed by atoms with Gasteiger partial charge in [0, 0.05) is 6.42 Å². The molecule has 84 valence electrons. The molecule has 1 aromatic carbocycles. The Bertz CT molecular complexity index is 389. The number of amides is 1. The average Bonchev–Trinajstić information content (AvgIpc) is 2.79. The maximum atomic E-state index is 11.0. The van der Waals surface area contributed by atoms with Crippen molar-refractivity contribution in [2.75, 3.05) is 0 Å². The molecule has 0 radical (unpaired) electrons. The molecule has 1 amide bonds. The van der Waals surface area contributed by atoms with Crippen molar-refractivity contribution in [3.05, 3.63) is 35.4 Å². The number of nitrogens with one attached hydrogen (secondary N) is 1. The first-order valence-corrected chi connectivity index (χ1v) is 5.59. The topological polar surface area (TPSA) is 52.9 Å². The van der Waals surface area contributed by atoms with Crippen LogP contribution in [0.4, 0.5) is 0 Å². The first kappa shape index (κ1) is 12.3. The number of benzene rings is 1. The van der Waals surface area contributed by atoms with Gasteiger partial charge in [-0.2, -0.15) is 5.26 Å². The van der Waals surface area contributed by atoms with Gasteiger partial charge in [0.25, 0.3) is 0 Å². The van der Waals surface area contributed by atoms with Crippen LogP contribution in [0.3, 0.4) is 0 Å². The minimum atomic E-state index is 0.111.